The van der Waals surface area contributed by atoms with Crippen molar-refractivity contribution in [2.45, 2.75) is 437 Å². The Morgan fingerprint density at radius 2 is 0.341 bits per heavy atom. The summed E-state index contributed by atoms with van der Waals surface area (Å²) in [4.78, 5) is 54.0. The van der Waals surface area contributed by atoms with Crippen molar-refractivity contribution in [2.75, 3.05) is 0 Å². The van der Waals surface area contributed by atoms with Crippen LogP contribution in [0.4, 0.5) is 0 Å². The third-order valence-corrected chi connectivity index (χ3v) is 63.7. The minimum absolute atomic E-state index is 0.199. The molecule has 4 unspecified atom stereocenters. The Hall–Kier alpha value is 0.0787. The standard InChI is InChI=1S/4C18H36O2S.Sn/c4*1-3-4-5-6-7-8-9-10-11-12-13-14-15-16-18(19)20-17(2)21;/h4*17,21H,3-16H2,1-2H3;/q;;;;+4/p-4. The van der Waals surface area contributed by atoms with Crippen LogP contribution in [-0.2, 0) is 38.1 Å². The zero-order chi connectivity index (χ0) is 62.4. The molecule has 0 radical (unpaired) electrons. The van der Waals surface area contributed by atoms with Crippen LogP contribution < -0.4 is 0 Å². The van der Waals surface area contributed by atoms with Crippen molar-refractivity contribution >= 4 is 72.5 Å². The molecule has 0 N–H and O–H groups in total. The molecule has 0 aliphatic heterocycles. The Labute approximate surface area is 543 Å². The summed E-state index contributed by atoms with van der Waals surface area (Å²) in [5.74, 6) is -0.796. The Morgan fingerprint density at radius 1 is 0.224 bits per heavy atom. The molecular weight excluding hydrogens is 1240 g/mol. The van der Waals surface area contributed by atoms with Crippen molar-refractivity contribution < 1.29 is 38.1 Å². The van der Waals surface area contributed by atoms with Gasteiger partial charge in [0.2, 0.25) is 0 Å². The molecule has 0 rings (SSSR count). The summed E-state index contributed by atoms with van der Waals surface area (Å²) in [6, 6.07) is 0. The first-order valence-corrected chi connectivity index (χ1v) is 54.4. The van der Waals surface area contributed by atoms with Crippen molar-refractivity contribution in [1.82, 2.24) is 0 Å². The van der Waals surface area contributed by atoms with Crippen LogP contribution in [0.5, 0.6) is 0 Å². The minimum atomic E-state index is -4.11. The van der Waals surface area contributed by atoms with Gasteiger partial charge in [-0.2, -0.15) is 0 Å². The van der Waals surface area contributed by atoms with Crippen molar-refractivity contribution in [1.29, 1.82) is 0 Å². The van der Waals surface area contributed by atoms with Crippen LogP contribution >= 0.6 is 35.8 Å². The fraction of sp³-hybridized carbons (Fsp3) is 0.944. The number of hydrogen-bond donors (Lipinski definition) is 0. The molecular formula is C72H140O8S4Sn. The van der Waals surface area contributed by atoms with Crippen LogP contribution in [0.15, 0.2) is 0 Å². The molecule has 0 saturated heterocycles. The second kappa shape index (κ2) is 65.6. The van der Waals surface area contributed by atoms with Gasteiger partial charge >= 0.3 is 366 Å². The molecule has 0 aromatic rings. The summed E-state index contributed by atoms with van der Waals surface area (Å²) in [5.41, 5.74) is -1.97. The maximum atomic E-state index is 13.5. The fourth-order valence-corrected chi connectivity index (χ4v) is 71.6. The van der Waals surface area contributed by atoms with E-state index >= 15 is 0 Å². The SMILES string of the molecule is CCCCCCCCCCCCCCCC(=O)OC(C)[S][Sn]([S]C(C)OC(=O)CCCCCCCCCCCCCCC)([S]C(C)OC(=O)CCCCCCCCCCCCCCC)[S]C(C)OC(=O)CCCCCCCCCCCCCCC. The Bertz CT molecular complexity index is 1260. The van der Waals surface area contributed by atoms with Crippen LogP contribution in [-0.4, -0.2) is 58.5 Å². The van der Waals surface area contributed by atoms with Crippen LogP contribution in [0.25, 0.3) is 0 Å². The summed E-state index contributed by atoms with van der Waals surface area (Å²) >= 11 is -4.11. The zero-order valence-corrected chi connectivity index (χ0v) is 63.4. The normalized spacial score (nSPS) is 13.7. The van der Waals surface area contributed by atoms with Gasteiger partial charge in [-0.25, -0.2) is 0 Å². The molecule has 8 nitrogen and oxygen atoms in total. The average Bonchev–Trinajstić information content (AvgIpc) is 3.59. The van der Waals surface area contributed by atoms with Crippen LogP contribution in [0, 0.1) is 0 Å². The number of rotatable bonds is 68. The van der Waals surface area contributed by atoms with E-state index in [0.717, 1.165) is 77.0 Å². The van der Waals surface area contributed by atoms with E-state index in [1.165, 1.54) is 257 Å². The van der Waals surface area contributed by atoms with Gasteiger partial charge in [-0.1, -0.05) is 182 Å². The van der Waals surface area contributed by atoms with E-state index in [1.807, 2.05) is 27.7 Å². The number of unbranched alkanes of at least 4 members (excludes halogenated alkanes) is 48. The molecule has 0 spiro atoms. The Balaban J connectivity index is 5.84. The third-order valence-electron chi connectivity index (χ3n) is 16.4. The quantitative estimate of drug-likeness (QED) is 0.0190. The van der Waals surface area contributed by atoms with E-state index in [4.69, 9.17) is 18.9 Å². The van der Waals surface area contributed by atoms with Gasteiger partial charge in [0.15, 0.2) is 0 Å². The third kappa shape index (κ3) is 61.4. The van der Waals surface area contributed by atoms with E-state index in [9.17, 15) is 19.2 Å². The van der Waals surface area contributed by atoms with Gasteiger partial charge in [0.1, 0.15) is 0 Å². The first-order chi connectivity index (χ1) is 41.4. The molecule has 0 aromatic heterocycles. The summed E-state index contributed by atoms with van der Waals surface area (Å²) in [5, 5.41) is 0. The molecule has 13 heteroatoms. The van der Waals surface area contributed by atoms with Crippen LogP contribution in [0.2, 0.25) is 0 Å². The predicted octanol–water partition coefficient (Wildman–Crippen LogP) is 25.8. The average molecular weight is 1380 g/mol. The number of ether oxygens (including phenoxy) is 4. The second-order valence-electron chi connectivity index (χ2n) is 25.2. The molecule has 0 heterocycles. The van der Waals surface area contributed by atoms with Gasteiger partial charge in [-0.15, -0.1) is 0 Å². The Morgan fingerprint density at radius 3 is 0.471 bits per heavy atom. The molecule has 4 atom stereocenters. The molecule has 0 aliphatic rings. The maximum absolute atomic E-state index is 13.5. The smallest absolute Gasteiger partial charge is 0.0654 e. The number of esters is 4. The van der Waals surface area contributed by atoms with Crippen molar-refractivity contribution in [3.05, 3.63) is 0 Å². The van der Waals surface area contributed by atoms with E-state index in [0.29, 0.717) is 25.7 Å². The summed E-state index contributed by atoms with van der Waals surface area (Å²) in [6.07, 6.45) is 66.3. The number of carbonyl (C=O) groups is 4. The molecule has 0 aromatic carbocycles. The Kier molecular flexibility index (Phi) is 65.6. The van der Waals surface area contributed by atoms with Crippen molar-refractivity contribution in [2.24, 2.45) is 0 Å². The molecule has 0 aliphatic carbocycles. The zero-order valence-electron chi connectivity index (χ0n) is 57.3. The van der Waals surface area contributed by atoms with E-state index < -0.39 is 34.6 Å². The molecule has 0 saturated carbocycles. The fourth-order valence-electron chi connectivity index (χ4n) is 11.2. The van der Waals surface area contributed by atoms with Gasteiger partial charge in [-0.05, 0) is 0 Å². The molecule has 85 heavy (non-hydrogen) atoms. The first-order valence-electron chi connectivity index (χ1n) is 36.9. The monoisotopic (exact) mass is 1380 g/mol. The molecule has 0 bridgehead atoms. The van der Waals surface area contributed by atoms with Gasteiger partial charge in [0.25, 0.3) is 0 Å². The van der Waals surface area contributed by atoms with Gasteiger partial charge < -0.3 is 0 Å². The molecule has 504 valence electrons. The first kappa shape index (κ1) is 85.1. The van der Waals surface area contributed by atoms with Crippen LogP contribution in [0.1, 0.15) is 415 Å². The predicted molar refractivity (Wildman–Crippen MR) is 380 cm³/mol. The second-order valence-corrected chi connectivity index (χ2v) is 66.5. The summed E-state index contributed by atoms with van der Waals surface area (Å²) in [6.45, 7) is 16.9. The molecule has 0 amide bonds. The van der Waals surface area contributed by atoms with E-state index in [2.05, 4.69) is 27.7 Å². The van der Waals surface area contributed by atoms with Crippen molar-refractivity contribution in [3.8, 4) is 0 Å². The summed E-state index contributed by atoms with van der Waals surface area (Å²) in [7, 11) is 6.58. The van der Waals surface area contributed by atoms with Crippen molar-refractivity contribution in [3.63, 3.8) is 0 Å². The summed E-state index contributed by atoms with van der Waals surface area (Å²) < 4.78 is 24.8. The van der Waals surface area contributed by atoms with Crippen LogP contribution in [0.3, 0.4) is 0 Å². The van der Waals surface area contributed by atoms with Gasteiger partial charge in [-0.3, -0.25) is 0 Å². The minimum Gasteiger partial charge on any atom is -0.0654 e. The number of carbonyl (C=O) groups excluding carboxylic acids is 4. The van der Waals surface area contributed by atoms with Gasteiger partial charge in [0.05, 0.1) is 0 Å². The number of hydrogen-bond acceptors (Lipinski definition) is 12. The van der Waals surface area contributed by atoms with E-state index in [1.54, 1.807) is 35.8 Å². The topological polar surface area (TPSA) is 105 Å². The molecule has 0 fully saturated rings. The van der Waals surface area contributed by atoms with Gasteiger partial charge in [0, 0.05) is 0 Å². The van der Waals surface area contributed by atoms with E-state index in [-0.39, 0.29) is 23.9 Å².